The van der Waals surface area contributed by atoms with E-state index in [-0.39, 0.29) is 56.0 Å². The Morgan fingerprint density at radius 1 is 0.662 bits per heavy atom. The molecule has 4 aliphatic heterocycles. The summed E-state index contributed by atoms with van der Waals surface area (Å²) < 4.78 is 61.9. The summed E-state index contributed by atoms with van der Waals surface area (Å²) in [6.07, 6.45) is -17.4. The van der Waals surface area contributed by atoms with Crippen molar-refractivity contribution >= 4 is 20.5 Å². The summed E-state index contributed by atoms with van der Waals surface area (Å²) in [7, 11) is -2.17. The molecule has 7 rings (SSSR count). The highest BCUT2D eigenvalue weighted by Crippen LogP contribution is 2.45. The van der Waals surface area contributed by atoms with Crippen LogP contribution in [-0.4, -0.2) is 164 Å². The van der Waals surface area contributed by atoms with E-state index in [0.717, 1.165) is 11.1 Å². The fourth-order valence-electron chi connectivity index (χ4n) is 8.94. The van der Waals surface area contributed by atoms with E-state index in [9.17, 15) is 35.1 Å². The van der Waals surface area contributed by atoms with E-state index in [2.05, 4.69) is 44.5 Å². The summed E-state index contributed by atoms with van der Waals surface area (Å²) in [5.74, 6) is -1.61. The molecule has 2 aromatic rings. The minimum Gasteiger partial charge on any atom is -0.445 e. The molecule has 1 aliphatic carbocycles. The van der Waals surface area contributed by atoms with Crippen molar-refractivity contribution in [1.29, 1.82) is 0 Å². The number of hydrogen-bond acceptors (Lipinski definition) is 17. The zero-order valence-corrected chi connectivity index (χ0v) is 41.1. The van der Waals surface area contributed by atoms with Crippen molar-refractivity contribution in [3.63, 3.8) is 0 Å². The van der Waals surface area contributed by atoms with Gasteiger partial charge >= 0.3 is 12.2 Å². The highest BCUT2D eigenvalue weighted by Gasteiger charge is 2.59. The second-order valence-electron chi connectivity index (χ2n) is 20.4. The number of hydrogen-bond donors (Lipinski definition) is 7. The third kappa shape index (κ3) is 12.4. The second-order valence-corrected chi connectivity index (χ2v) is 25.2. The Labute approximate surface area is 399 Å². The van der Waals surface area contributed by atoms with Crippen molar-refractivity contribution in [2.75, 3.05) is 19.8 Å². The molecule has 1 unspecified atom stereocenters. The standard InChI is InChI=1S/C48H72N2O17Si/c1-25-19-30(50-47(57)59-23-29-17-13-10-14-18-29)39(65-44-27(3)38-41(64-38)33(63-44)24-60-68(7,8)48(4,5)6)42(34(25)52)67-45-37(55)40(32(21-51)62-45)66-43-26(2)35(53)36(54)31(61-43)20-49-46(56)58-22-28-15-11-9-12-16-28/h9-18,25-27,30-45,51-55H,19-24H2,1-8H3,(H,49,56)(H,50,57)/t25-,26-,27-,30+,31+,32-,33-,34+,35-,36-,37-,38?,39-,40-,41+,42-,43-,44-,45+/m1/s1. The number of amides is 2. The number of alkyl carbamates (subject to hydrolysis) is 2. The molecule has 0 spiro atoms. The van der Waals surface area contributed by atoms with Gasteiger partial charge in [0.15, 0.2) is 27.2 Å². The van der Waals surface area contributed by atoms with Crippen LogP contribution in [0.5, 0.6) is 0 Å². The van der Waals surface area contributed by atoms with E-state index in [1.165, 1.54) is 0 Å². The maximum Gasteiger partial charge on any atom is 0.407 e. The summed E-state index contributed by atoms with van der Waals surface area (Å²) >= 11 is 0. The number of aliphatic hydroxyl groups excluding tert-OH is 5. The molecule has 5 aliphatic rings. The molecule has 20 heteroatoms. The normalized spacial score (nSPS) is 38.3. The zero-order valence-electron chi connectivity index (χ0n) is 40.1. The molecule has 68 heavy (non-hydrogen) atoms. The maximum absolute atomic E-state index is 13.5. The molecule has 1 saturated carbocycles. The fraction of sp³-hybridized carbons (Fsp3) is 0.708. The van der Waals surface area contributed by atoms with Crippen LogP contribution in [0.2, 0.25) is 18.1 Å². The number of nitrogens with one attached hydrogen (secondary N) is 2. The van der Waals surface area contributed by atoms with Gasteiger partial charge in [0.1, 0.15) is 68.1 Å². The molecule has 0 radical (unpaired) electrons. The van der Waals surface area contributed by atoms with Crippen LogP contribution in [0.15, 0.2) is 60.7 Å². The summed E-state index contributed by atoms with van der Waals surface area (Å²) in [5, 5.41) is 61.7. The van der Waals surface area contributed by atoms with E-state index in [0.29, 0.717) is 0 Å². The monoisotopic (exact) mass is 976 g/mol. The number of ether oxygens (including phenoxy) is 9. The van der Waals surface area contributed by atoms with E-state index < -0.39 is 125 Å². The van der Waals surface area contributed by atoms with E-state index >= 15 is 0 Å². The second kappa shape index (κ2) is 22.4. The maximum atomic E-state index is 13.5. The van der Waals surface area contributed by atoms with Gasteiger partial charge in [-0.3, -0.25) is 0 Å². The first kappa shape index (κ1) is 52.5. The molecule has 2 amide bonds. The van der Waals surface area contributed by atoms with Crippen LogP contribution in [0.4, 0.5) is 9.59 Å². The van der Waals surface area contributed by atoms with Crippen molar-refractivity contribution in [3.8, 4) is 0 Å². The summed E-state index contributed by atoms with van der Waals surface area (Å²) in [5.41, 5.74) is 1.56. The molecule has 0 bridgehead atoms. The molecule has 7 N–H and O–H groups in total. The van der Waals surface area contributed by atoms with Gasteiger partial charge in [0.25, 0.3) is 0 Å². The Hall–Kier alpha value is -3.32. The van der Waals surface area contributed by atoms with Crippen LogP contribution >= 0.6 is 0 Å². The Balaban J connectivity index is 1.06. The number of carbonyl (C=O) groups is 2. The van der Waals surface area contributed by atoms with Gasteiger partial charge in [-0.25, -0.2) is 9.59 Å². The topological polar surface area (TPSA) is 255 Å². The SMILES string of the molecule is C[C@H]1[C@@H](O[C@H]2[C@@H](O)[C@H](O[C@@H]3[C@@H](O)[C@H](C)C[C@H](NC(=O)OCc4ccccc4)[C@H]3O[C@H]3O[C@H](CO[Si](C)(C)C(C)(C)C)[C@@H]4OC4[C@H]3C)O[C@@H]2CO)O[C@@H](CNC(=O)OCc2ccccc2)[C@@H](O)[C@@H]1O. The van der Waals surface area contributed by atoms with E-state index in [1.54, 1.807) is 26.0 Å². The largest absolute Gasteiger partial charge is 0.445 e. The predicted molar refractivity (Wildman–Crippen MR) is 244 cm³/mol. The molecular formula is C48H72N2O17Si. The Morgan fingerprint density at radius 2 is 1.22 bits per heavy atom. The third-order valence-corrected chi connectivity index (χ3v) is 18.9. The smallest absolute Gasteiger partial charge is 0.407 e. The first-order chi connectivity index (χ1) is 32.3. The van der Waals surface area contributed by atoms with Crippen molar-refractivity contribution < 1.29 is 82.2 Å². The minimum atomic E-state index is -2.17. The number of rotatable bonds is 17. The van der Waals surface area contributed by atoms with Crippen LogP contribution in [0, 0.1) is 17.8 Å². The predicted octanol–water partition coefficient (Wildman–Crippen LogP) is 3.08. The number of benzene rings is 2. The number of fused-ring (bicyclic) bond motifs is 1. The molecule has 4 saturated heterocycles. The molecule has 2 aromatic carbocycles. The van der Waals surface area contributed by atoms with Crippen LogP contribution in [0.1, 0.15) is 59.1 Å². The van der Waals surface area contributed by atoms with Crippen molar-refractivity contribution in [2.45, 2.75) is 177 Å². The van der Waals surface area contributed by atoms with Gasteiger partial charge in [-0.1, -0.05) is 102 Å². The molecule has 5 fully saturated rings. The van der Waals surface area contributed by atoms with E-state index in [4.69, 9.17) is 47.1 Å². The average molecular weight is 977 g/mol. The van der Waals surface area contributed by atoms with Gasteiger partial charge in [0.2, 0.25) is 0 Å². The lowest BCUT2D eigenvalue weighted by molar-refractivity contribution is -0.300. The van der Waals surface area contributed by atoms with Gasteiger partial charge in [-0.15, -0.1) is 0 Å². The first-order valence-corrected chi connectivity index (χ1v) is 26.6. The first-order valence-electron chi connectivity index (χ1n) is 23.7. The van der Waals surface area contributed by atoms with Crippen LogP contribution in [0.3, 0.4) is 0 Å². The fourth-order valence-corrected chi connectivity index (χ4v) is 9.96. The van der Waals surface area contributed by atoms with E-state index in [1.807, 2.05) is 55.5 Å². The molecule has 19 nitrogen and oxygen atoms in total. The molecule has 0 aromatic heterocycles. The third-order valence-electron chi connectivity index (χ3n) is 14.4. The summed E-state index contributed by atoms with van der Waals surface area (Å²) in [6.45, 7) is 15.5. The van der Waals surface area contributed by atoms with Gasteiger partial charge in [-0.05, 0) is 41.6 Å². The summed E-state index contributed by atoms with van der Waals surface area (Å²) in [4.78, 5) is 26.0. The molecule has 4 heterocycles. The molecular weight excluding hydrogens is 905 g/mol. The zero-order chi connectivity index (χ0) is 49.1. The highest BCUT2D eigenvalue weighted by molar-refractivity contribution is 6.74. The average Bonchev–Trinajstić information content (AvgIpc) is 4.07. The summed E-state index contributed by atoms with van der Waals surface area (Å²) in [6, 6.07) is 17.5. The molecule has 19 atom stereocenters. The van der Waals surface area contributed by atoms with Crippen molar-refractivity contribution in [2.24, 2.45) is 17.8 Å². The van der Waals surface area contributed by atoms with Crippen LogP contribution in [0.25, 0.3) is 0 Å². The lowest BCUT2D eigenvalue weighted by Crippen LogP contribution is -2.63. The van der Waals surface area contributed by atoms with Crippen LogP contribution < -0.4 is 10.6 Å². The van der Waals surface area contributed by atoms with Crippen molar-refractivity contribution in [1.82, 2.24) is 10.6 Å². The van der Waals surface area contributed by atoms with Gasteiger partial charge in [-0.2, -0.15) is 0 Å². The Kier molecular flexibility index (Phi) is 17.3. The quantitative estimate of drug-likeness (QED) is 0.0888. The molecule has 380 valence electrons. The number of epoxide rings is 1. The van der Waals surface area contributed by atoms with Gasteiger partial charge in [0, 0.05) is 18.4 Å². The van der Waals surface area contributed by atoms with Crippen LogP contribution in [-0.2, 0) is 60.3 Å². The minimum absolute atomic E-state index is 0.00597. The number of aliphatic hydroxyl groups is 5. The Bertz CT molecular complexity index is 1930. The number of carbonyl (C=O) groups excluding carboxylic acids is 2. The lowest BCUT2D eigenvalue weighted by atomic mass is 9.80. The highest BCUT2D eigenvalue weighted by atomic mass is 28.4. The van der Waals surface area contributed by atoms with Gasteiger partial charge in [0.05, 0.1) is 37.6 Å². The lowest BCUT2D eigenvalue weighted by Gasteiger charge is -2.46. The van der Waals surface area contributed by atoms with Gasteiger partial charge < -0.3 is 83.2 Å². The Morgan fingerprint density at radius 3 is 1.84 bits per heavy atom. The van der Waals surface area contributed by atoms with Crippen molar-refractivity contribution in [3.05, 3.63) is 71.8 Å².